The number of hydrogen-bond acceptors (Lipinski definition) is 4. The number of benzene rings is 1. The Labute approximate surface area is 214 Å². The van der Waals surface area contributed by atoms with E-state index in [2.05, 4.69) is 24.2 Å². The van der Waals surface area contributed by atoms with Crippen molar-refractivity contribution in [1.29, 1.82) is 0 Å². The second-order valence-electron chi connectivity index (χ2n) is 12.7. The van der Waals surface area contributed by atoms with Crippen molar-refractivity contribution >= 4 is 28.4 Å². The van der Waals surface area contributed by atoms with E-state index in [1.165, 1.54) is 51.4 Å². The van der Waals surface area contributed by atoms with E-state index in [-0.39, 0.29) is 11.3 Å². The summed E-state index contributed by atoms with van der Waals surface area (Å²) in [4.78, 5) is 13.7. The summed E-state index contributed by atoms with van der Waals surface area (Å²) in [7, 11) is 1.91. The molecular weight excluding hydrogens is 458 g/mol. The molecule has 6 rings (SSSR count). The molecule has 0 spiro atoms. The van der Waals surface area contributed by atoms with Crippen molar-refractivity contribution in [1.82, 2.24) is 15.0 Å². The number of ketones is 1. The summed E-state index contributed by atoms with van der Waals surface area (Å²) in [6, 6.07) is 5.59. The Bertz CT molecular complexity index is 1120. The molecule has 1 aromatic heterocycles. The zero-order valence-corrected chi connectivity index (χ0v) is 22.3. The zero-order valence-electron chi connectivity index (χ0n) is 21.5. The number of rotatable bonds is 5. The number of hydrogen-bond donors (Lipinski definition) is 0. The molecule has 2 aromatic rings. The van der Waals surface area contributed by atoms with E-state index in [0.29, 0.717) is 28.7 Å². The molecule has 0 saturated heterocycles. The third-order valence-electron chi connectivity index (χ3n) is 11.2. The Morgan fingerprint density at radius 1 is 1.14 bits per heavy atom. The lowest BCUT2D eigenvalue weighted by molar-refractivity contribution is -0.154. The van der Waals surface area contributed by atoms with Gasteiger partial charge in [-0.1, -0.05) is 37.1 Å². The highest BCUT2D eigenvalue weighted by Crippen LogP contribution is 2.68. The Morgan fingerprint density at radius 2 is 2.00 bits per heavy atom. The van der Waals surface area contributed by atoms with Crippen LogP contribution in [0.3, 0.4) is 0 Å². The van der Waals surface area contributed by atoms with Crippen LogP contribution in [0, 0.1) is 46.3 Å². The number of methoxy groups -OCH3 is 1. The van der Waals surface area contributed by atoms with Crippen LogP contribution in [0.25, 0.3) is 11.0 Å². The molecule has 6 heteroatoms. The number of Topliss-reactive ketones (excluding diaryl/α,β-unsaturated/α-hetero) is 1. The van der Waals surface area contributed by atoms with Crippen LogP contribution in [0.15, 0.2) is 18.2 Å². The average molecular weight is 498 g/mol. The number of aromatic nitrogens is 3. The van der Waals surface area contributed by atoms with E-state index in [0.717, 1.165) is 47.7 Å². The van der Waals surface area contributed by atoms with Gasteiger partial charge in [0.15, 0.2) is 5.78 Å². The molecule has 4 aliphatic rings. The quantitative estimate of drug-likeness (QED) is 0.468. The van der Waals surface area contributed by atoms with Crippen LogP contribution in [0.1, 0.15) is 71.6 Å². The Kier molecular flexibility index (Phi) is 6.03. The van der Waals surface area contributed by atoms with Crippen LogP contribution < -0.4 is 0 Å². The summed E-state index contributed by atoms with van der Waals surface area (Å²) >= 11 is 6.12. The van der Waals surface area contributed by atoms with E-state index in [1.807, 2.05) is 25.3 Å². The van der Waals surface area contributed by atoms with Gasteiger partial charge < -0.3 is 4.74 Å². The molecule has 1 heterocycles. The lowest BCUT2D eigenvalue weighted by Crippen LogP contribution is -2.56. The third kappa shape index (κ3) is 3.70. The van der Waals surface area contributed by atoms with E-state index in [9.17, 15) is 4.79 Å². The van der Waals surface area contributed by atoms with Gasteiger partial charge in [-0.05, 0) is 110 Å². The summed E-state index contributed by atoms with van der Waals surface area (Å²) in [5.41, 5.74) is 2.12. The van der Waals surface area contributed by atoms with E-state index >= 15 is 0 Å². The van der Waals surface area contributed by atoms with Crippen molar-refractivity contribution in [2.24, 2.45) is 46.3 Å². The molecule has 0 aliphatic heterocycles. The molecule has 8 unspecified atom stereocenters. The summed E-state index contributed by atoms with van der Waals surface area (Å²) in [5.74, 6) is 4.32. The first-order valence-electron chi connectivity index (χ1n) is 13.9. The van der Waals surface area contributed by atoms with Crippen LogP contribution in [0.5, 0.6) is 0 Å². The Hall–Kier alpha value is -1.46. The van der Waals surface area contributed by atoms with E-state index in [4.69, 9.17) is 16.3 Å². The molecule has 35 heavy (non-hydrogen) atoms. The molecule has 4 saturated carbocycles. The van der Waals surface area contributed by atoms with E-state index < -0.39 is 0 Å². The van der Waals surface area contributed by atoms with Gasteiger partial charge in [0, 0.05) is 18.1 Å². The number of fused-ring (bicyclic) bond motifs is 6. The molecule has 1 aromatic carbocycles. The highest BCUT2D eigenvalue weighted by Gasteiger charge is 2.62. The predicted octanol–water partition coefficient (Wildman–Crippen LogP) is 6.58. The molecule has 0 N–H and O–H groups in total. The zero-order chi connectivity index (χ0) is 24.4. The number of ether oxygens (including phenoxy) is 1. The van der Waals surface area contributed by atoms with E-state index in [1.54, 1.807) is 4.68 Å². The van der Waals surface area contributed by atoms with Crippen molar-refractivity contribution in [2.45, 2.75) is 78.2 Å². The topological polar surface area (TPSA) is 57.0 Å². The molecule has 4 aliphatic carbocycles. The van der Waals surface area contributed by atoms with Crippen molar-refractivity contribution in [3.05, 3.63) is 23.2 Å². The highest BCUT2D eigenvalue weighted by molar-refractivity contribution is 6.31. The van der Waals surface area contributed by atoms with Crippen LogP contribution in [-0.2, 0) is 16.1 Å². The fraction of sp³-hybridized carbons (Fsp3) is 0.759. The molecule has 8 atom stereocenters. The maximum Gasteiger partial charge on any atom is 0.157 e. The first-order chi connectivity index (χ1) is 16.9. The van der Waals surface area contributed by atoms with Gasteiger partial charge in [0.25, 0.3) is 0 Å². The minimum Gasteiger partial charge on any atom is -0.384 e. The van der Waals surface area contributed by atoms with Gasteiger partial charge in [0.05, 0.1) is 12.1 Å². The van der Waals surface area contributed by atoms with Gasteiger partial charge in [-0.25, -0.2) is 4.68 Å². The third-order valence-corrected chi connectivity index (χ3v) is 11.4. The smallest absolute Gasteiger partial charge is 0.157 e. The van der Waals surface area contributed by atoms with Crippen molar-refractivity contribution < 1.29 is 9.53 Å². The molecule has 0 amide bonds. The van der Waals surface area contributed by atoms with Crippen LogP contribution in [0.2, 0.25) is 5.02 Å². The second kappa shape index (κ2) is 8.83. The Balaban J connectivity index is 1.23. The number of nitrogens with zero attached hydrogens (tertiary/aromatic N) is 3. The second-order valence-corrected chi connectivity index (χ2v) is 13.2. The highest BCUT2D eigenvalue weighted by atomic mass is 35.5. The number of carbonyl (C=O) groups excluding carboxylic acids is 1. The summed E-state index contributed by atoms with van der Waals surface area (Å²) in [6.45, 7) is 6.13. The lowest BCUT2D eigenvalue weighted by atomic mass is 9.44. The minimum absolute atomic E-state index is 0.112. The molecule has 190 valence electrons. The first-order valence-corrected chi connectivity index (χ1v) is 14.2. The standard InChI is InChI=1S/C29H40ClN3O2/c1-18-10-13-29(17-35-3)19(14-18)4-6-21-22-7-8-24(28(22,2)12-11-23(21)29)27(34)16-33-26-9-5-20(30)15-25(26)31-32-33/h5,9,15,18-19,21-24H,4,6-8,10-14,16-17H2,1-3H3. The molecule has 0 radical (unpaired) electrons. The summed E-state index contributed by atoms with van der Waals surface area (Å²) in [5, 5.41) is 9.18. The number of halogens is 1. The van der Waals surface area contributed by atoms with Crippen LogP contribution >= 0.6 is 11.6 Å². The summed E-state index contributed by atoms with van der Waals surface area (Å²) in [6.07, 6.45) is 11.4. The predicted molar refractivity (Wildman–Crippen MR) is 138 cm³/mol. The van der Waals surface area contributed by atoms with Gasteiger partial charge in [-0.2, -0.15) is 0 Å². The fourth-order valence-electron chi connectivity index (χ4n) is 9.66. The van der Waals surface area contributed by atoms with Gasteiger partial charge >= 0.3 is 0 Å². The van der Waals surface area contributed by atoms with Gasteiger partial charge in [-0.15, -0.1) is 5.10 Å². The first kappa shape index (κ1) is 23.9. The van der Waals surface area contributed by atoms with Crippen molar-refractivity contribution in [2.75, 3.05) is 13.7 Å². The maximum atomic E-state index is 13.7. The SMILES string of the molecule is COCC12CCC(C)CC1CCC1C3CCC(C(=O)Cn4nnc5cc(Cl)ccc54)C3(C)CCC12. The molecule has 5 nitrogen and oxygen atoms in total. The lowest BCUT2D eigenvalue weighted by Gasteiger charge is -2.61. The van der Waals surface area contributed by atoms with Crippen molar-refractivity contribution in [3.63, 3.8) is 0 Å². The largest absolute Gasteiger partial charge is 0.384 e. The summed E-state index contributed by atoms with van der Waals surface area (Å²) < 4.78 is 7.72. The maximum absolute atomic E-state index is 13.7. The Morgan fingerprint density at radius 3 is 2.83 bits per heavy atom. The van der Waals surface area contributed by atoms with Crippen molar-refractivity contribution in [3.8, 4) is 0 Å². The van der Waals surface area contributed by atoms with Gasteiger partial charge in [0.1, 0.15) is 12.1 Å². The van der Waals surface area contributed by atoms with Crippen LogP contribution in [0.4, 0.5) is 0 Å². The van der Waals surface area contributed by atoms with Gasteiger partial charge in [0.2, 0.25) is 0 Å². The number of carbonyl (C=O) groups is 1. The normalized spacial score (nSPS) is 40.8. The minimum atomic E-state index is 0.112. The van der Waals surface area contributed by atoms with Crippen LogP contribution in [-0.4, -0.2) is 34.5 Å². The monoisotopic (exact) mass is 497 g/mol. The molecule has 0 bridgehead atoms. The molecule has 4 fully saturated rings. The fourth-order valence-corrected chi connectivity index (χ4v) is 9.83. The average Bonchev–Trinajstić information content (AvgIpc) is 3.39. The van der Waals surface area contributed by atoms with Gasteiger partial charge in [-0.3, -0.25) is 4.79 Å². The molecular formula is C29H40ClN3O2.